The van der Waals surface area contributed by atoms with Crippen LogP contribution in [0.3, 0.4) is 0 Å². The predicted molar refractivity (Wildman–Crippen MR) is 96.8 cm³/mol. The van der Waals surface area contributed by atoms with Gasteiger partial charge < -0.3 is 14.1 Å². The zero-order chi connectivity index (χ0) is 18.6. The lowest BCUT2D eigenvalue weighted by Crippen LogP contribution is -2.33. The van der Waals surface area contributed by atoms with Gasteiger partial charge in [0.15, 0.2) is 5.76 Å². The number of hydrogen-bond acceptors (Lipinski definition) is 4. The molecule has 1 amide bonds. The molecule has 0 atom stereocenters. The lowest BCUT2D eigenvalue weighted by molar-refractivity contribution is 0.0647. The van der Waals surface area contributed by atoms with Crippen molar-refractivity contribution in [3.05, 3.63) is 40.1 Å². The number of nitrogens with zero attached hydrogens (tertiary/aromatic N) is 3. The Hall–Kier alpha value is -2.08. The van der Waals surface area contributed by atoms with E-state index in [0.717, 1.165) is 41.1 Å². The Labute approximate surface area is 149 Å². The van der Waals surface area contributed by atoms with E-state index in [1.807, 2.05) is 38.6 Å². The van der Waals surface area contributed by atoms with Gasteiger partial charge in [0.25, 0.3) is 5.91 Å². The zero-order valence-electron chi connectivity index (χ0n) is 16.2. The third-order valence-corrected chi connectivity index (χ3v) is 4.67. The second-order valence-electron chi connectivity index (χ2n) is 6.26. The van der Waals surface area contributed by atoms with Gasteiger partial charge in [-0.15, -0.1) is 0 Å². The Balaban J connectivity index is 2.29. The van der Waals surface area contributed by atoms with Crippen LogP contribution in [0.4, 0.5) is 0 Å². The van der Waals surface area contributed by atoms with E-state index in [1.54, 1.807) is 12.0 Å². The number of aryl methyl sites for hydroxylation is 4. The van der Waals surface area contributed by atoms with Crippen molar-refractivity contribution in [1.29, 1.82) is 0 Å². The van der Waals surface area contributed by atoms with Gasteiger partial charge in [-0.3, -0.25) is 9.48 Å². The summed E-state index contributed by atoms with van der Waals surface area (Å²) in [5, 5.41) is 4.44. The average molecular weight is 347 g/mol. The van der Waals surface area contributed by atoms with Gasteiger partial charge in [0.05, 0.1) is 12.3 Å². The second kappa shape index (κ2) is 8.34. The molecule has 0 unspecified atom stereocenters. The summed E-state index contributed by atoms with van der Waals surface area (Å²) in [5.41, 5.74) is 4.19. The number of ether oxygens (including phenoxy) is 1. The van der Waals surface area contributed by atoms with Gasteiger partial charge in [0.2, 0.25) is 0 Å². The fourth-order valence-electron chi connectivity index (χ4n) is 3.02. The molecular weight excluding hydrogens is 318 g/mol. The van der Waals surface area contributed by atoms with E-state index in [0.29, 0.717) is 25.5 Å². The minimum atomic E-state index is -0.103. The largest absolute Gasteiger partial charge is 0.456 e. The van der Waals surface area contributed by atoms with Crippen molar-refractivity contribution in [2.45, 2.75) is 47.1 Å². The molecule has 2 aromatic rings. The fourth-order valence-corrected chi connectivity index (χ4v) is 3.02. The van der Waals surface area contributed by atoms with Crippen LogP contribution in [0.1, 0.15) is 52.7 Å². The van der Waals surface area contributed by atoms with Crippen molar-refractivity contribution in [3.8, 4) is 0 Å². The molecule has 0 aromatic carbocycles. The molecule has 0 bridgehead atoms. The molecular formula is C19H29N3O3. The van der Waals surface area contributed by atoms with Crippen LogP contribution < -0.4 is 0 Å². The van der Waals surface area contributed by atoms with E-state index < -0.39 is 0 Å². The van der Waals surface area contributed by atoms with E-state index in [4.69, 9.17) is 9.15 Å². The number of furan rings is 1. The molecule has 2 rings (SSSR count). The molecule has 138 valence electrons. The van der Waals surface area contributed by atoms with E-state index in [2.05, 4.69) is 12.0 Å². The lowest BCUT2D eigenvalue weighted by atomic mass is 10.1. The van der Waals surface area contributed by atoms with Crippen LogP contribution in [0, 0.1) is 13.8 Å². The lowest BCUT2D eigenvalue weighted by Gasteiger charge is -2.21. The molecule has 0 aliphatic carbocycles. The molecule has 0 N–H and O–H groups in total. The topological polar surface area (TPSA) is 60.5 Å². The van der Waals surface area contributed by atoms with Gasteiger partial charge in [-0.05, 0) is 31.9 Å². The molecule has 2 aromatic heterocycles. The maximum Gasteiger partial charge on any atom is 0.289 e. The van der Waals surface area contributed by atoms with E-state index >= 15 is 0 Å². The monoisotopic (exact) mass is 347 g/mol. The first kappa shape index (κ1) is 19.2. The van der Waals surface area contributed by atoms with E-state index in [9.17, 15) is 4.79 Å². The Kier molecular flexibility index (Phi) is 6.42. The summed E-state index contributed by atoms with van der Waals surface area (Å²) in [6, 6.07) is 1.88. The summed E-state index contributed by atoms with van der Waals surface area (Å²) in [6.45, 7) is 9.58. The molecule has 0 fully saturated rings. The molecule has 6 nitrogen and oxygen atoms in total. The van der Waals surface area contributed by atoms with Crippen LogP contribution in [-0.4, -0.2) is 40.8 Å². The van der Waals surface area contributed by atoms with Crippen LogP contribution in [0.25, 0.3) is 0 Å². The number of aromatic nitrogens is 2. The van der Waals surface area contributed by atoms with Gasteiger partial charge in [-0.2, -0.15) is 5.10 Å². The van der Waals surface area contributed by atoms with Crippen molar-refractivity contribution >= 4 is 5.91 Å². The van der Waals surface area contributed by atoms with Gasteiger partial charge in [-0.1, -0.05) is 13.8 Å². The number of rotatable bonds is 8. The average Bonchev–Trinajstić information content (AvgIpc) is 3.13. The molecule has 6 heteroatoms. The minimum absolute atomic E-state index is 0.103. The first-order valence-electron chi connectivity index (χ1n) is 8.81. The van der Waals surface area contributed by atoms with E-state index in [1.165, 1.54) is 0 Å². The first-order valence-corrected chi connectivity index (χ1v) is 8.81. The standard InChI is InChI=1S/C19H29N3O3/c1-7-15-11-18(25-17(15)8-2)19(23)22(9-10-24-6)12-16-13(3)20-21(5)14(16)4/h11H,7-10,12H2,1-6H3. The molecule has 0 saturated carbocycles. The summed E-state index contributed by atoms with van der Waals surface area (Å²) in [4.78, 5) is 14.8. The van der Waals surface area contributed by atoms with Gasteiger partial charge in [0, 0.05) is 44.9 Å². The van der Waals surface area contributed by atoms with Crippen LogP contribution in [0.2, 0.25) is 0 Å². The Bertz CT molecular complexity index is 709. The summed E-state index contributed by atoms with van der Waals surface area (Å²) in [6.07, 6.45) is 1.65. The van der Waals surface area contributed by atoms with Crippen LogP contribution in [0.15, 0.2) is 10.5 Å². The van der Waals surface area contributed by atoms with Crippen LogP contribution >= 0.6 is 0 Å². The van der Waals surface area contributed by atoms with Gasteiger partial charge in [-0.25, -0.2) is 0 Å². The van der Waals surface area contributed by atoms with Crippen molar-refractivity contribution in [2.24, 2.45) is 7.05 Å². The summed E-state index contributed by atoms with van der Waals surface area (Å²) >= 11 is 0. The highest BCUT2D eigenvalue weighted by Crippen LogP contribution is 2.21. The third kappa shape index (κ3) is 4.12. The molecule has 0 aliphatic heterocycles. The van der Waals surface area contributed by atoms with Crippen LogP contribution in [-0.2, 0) is 31.2 Å². The summed E-state index contributed by atoms with van der Waals surface area (Å²) in [5.74, 6) is 1.20. The number of methoxy groups -OCH3 is 1. The SMILES string of the molecule is CCc1cc(C(=O)N(CCOC)Cc2c(C)nn(C)c2C)oc1CC. The fraction of sp³-hybridized carbons (Fsp3) is 0.579. The number of carbonyl (C=O) groups is 1. The Morgan fingerprint density at radius 3 is 2.52 bits per heavy atom. The Morgan fingerprint density at radius 1 is 1.32 bits per heavy atom. The number of hydrogen-bond donors (Lipinski definition) is 0. The maximum absolute atomic E-state index is 13.0. The minimum Gasteiger partial charge on any atom is -0.456 e. The smallest absolute Gasteiger partial charge is 0.289 e. The van der Waals surface area contributed by atoms with Gasteiger partial charge in [0.1, 0.15) is 5.76 Å². The third-order valence-electron chi connectivity index (χ3n) is 4.67. The normalized spacial score (nSPS) is 11.1. The molecule has 25 heavy (non-hydrogen) atoms. The Morgan fingerprint density at radius 2 is 2.04 bits per heavy atom. The molecule has 0 aliphatic rings. The zero-order valence-corrected chi connectivity index (χ0v) is 16.2. The second-order valence-corrected chi connectivity index (χ2v) is 6.26. The molecule has 0 spiro atoms. The van der Waals surface area contributed by atoms with E-state index in [-0.39, 0.29) is 5.91 Å². The molecule has 2 heterocycles. The maximum atomic E-state index is 13.0. The highest BCUT2D eigenvalue weighted by atomic mass is 16.5. The molecule has 0 radical (unpaired) electrons. The van der Waals surface area contributed by atoms with Crippen LogP contribution in [0.5, 0.6) is 0 Å². The number of carbonyl (C=O) groups excluding carboxylic acids is 1. The van der Waals surface area contributed by atoms with Crippen molar-refractivity contribution < 1.29 is 13.9 Å². The summed E-state index contributed by atoms with van der Waals surface area (Å²) < 4.78 is 12.9. The first-order chi connectivity index (χ1) is 11.9. The quantitative estimate of drug-likeness (QED) is 0.736. The van der Waals surface area contributed by atoms with Crippen molar-refractivity contribution in [1.82, 2.24) is 14.7 Å². The predicted octanol–water partition coefficient (Wildman–Crippen LogP) is 3.04. The molecule has 0 saturated heterocycles. The van der Waals surface area contributed by atoms with Crippen molar-refractivity contribution in [2.75, 3.05) is 20.3 Å². The highest BCUT2D eigenvalue weighted by Gasteiger charge is 2.23. The van der Waals surface area contributed by atoms with Gasteiger partial charge >= 0.3 is 0 Å². The van der Waals surface area contributed by atoms with Crippen molar-refractivity contribution in [3.63, 3.8) is 0 Å². The number of amides is 1. The summed E-state index contributed by atoms with van der Waals surface area (Å²) in [7, 11) is 3.56. The highest BCUT2D eigenvalue weighted by molar-refractivity contribution is 5.91.